The van der Waals surface area contributed by atoms with E-state index in [1.807, 2.05) is 24.3 Å². The number of halogens is 1. The predicted molar refractivity (Wildman–Crippen MR) is 124 cm³/mol. The molecule has 164 valence electrons. The molecule has 0 spiro atoms. The van der Waals surface area contributed by atoms with E-state index in [2.05, 4.69) is 11.0 Å². The number of carboxylic acids is 1. The highest BCUT2D eigenvalue weighted by molar-refractivity contribution is 6.32. The van der Waals surface area contributed by atoms with Gasteiger partial charge in [0.05, 0.1) is 40.9 Å². The molecule has 0 aliphatic carbocycles. The van der Waals surface area contributed by atoms with Crippen LogP contribution in [-0.2, 0) is 11.2 Å². The fraction of sp³-hybridized carbons (Fsp3) is 0.292. The average Bonchev–Trinajstić information content (AvgIpc) is 2.80. The maximum Gasteiger partial charge on any atom is 0.306 e. The second-order valence-corrected chi connectivity index (χ2v) is 8.32. The van der Waals surface area contributed by atoms with Gasteiger partial charge in [0, 0.05) is 24.9 Å². The summed E-state index contributed by atoms with van der Waals surface area (Å²) in [6, 6.07) is 13.1. The number of aromatic nitrogens is 1. The Bertz CT molecular complexity index is 1230. The molecule has 4 rings (SSSR count). The lowest BCUT2D eigenvalue weighted by Gasteiger charge is -2.32. The van der Waals surface area contributed by atoms with Gasteiger partial charge in [-0.15, -0.1) is 0 Å². The molecule has 0 amide bonds. The molecular formula is C24H23ClN4O3. The first kappa shape index (κ1) is 21.7. The van der Waals surface area contributed by atoms with Gasteiger partial charge in [-0.1, -0.05) is 17.7 Å². The number of hydrogen-bond donors (Lipinski definition) is 2. The Morgan fingerprint density at radius 2 is 2.06 bits per heavy atom. The number of nitriles is 1. The standard InChI is InChI=1S/C24H23ClN4O3/c1-32-21-5-3-14(12-19(21)25)10-18-17-11-15(13-26)2-4-20(17)28-23(22(18)27)29-8-6-16(7-9-29)24(30)31/h2-5,11-12,16H,6-10,27H2,1H3,(H,30,31). The van der Waals surface area contributed by atoms with Gasteiger partial charge in [-0.25, -0.2) is 4.98 Å². The van der Waals surface area contributed by atoms with Gasteiger partial charge in [-0.3, -0.25) is 4.79 Å². The van der Waals surface area contributed by atoms with Crippen molar-refractivity contribution in [2.24, 2.45) is 5.92 Å². The number of carbonyl (C=O) groups is 1. The number of anilines is 2. The summed E-state index contributed by atoms with van der Waals surface area (Å²) in [6.45, 7) is 1.15. The largest absolute Gasteiger partial charge is 0.495 e. The highest BCUT2D eigenvalue weighted by atomic mass is 35.5. The molecule has 32 heavy (non-hydrogen) atoms. The number of aliphatic carboxylic acids is 1. The van der Waals surface area contributed by atoms with E-state index in [4.69, 9.17) is 27.1 Å². The van der Waals surface area contributed by atoms with Crippen LogP contribution in [0.25, 0.3) is 10.9 Å². The zero-order valence-electron chi connectivity index (χ0n) is 17.6. The predicted octanol–water partition coefficient (Wildman–Crippen LogP) is 4.24. The number of hydrogen-bond acceptors (Lipinski definition) is 6. The molecule has 1 aromatic heterocycles. The molecule has 2 aromatic carbocycles. The third kappa shape index (κ3) is 4.14. The van der Waals surface area contributed by atoms with Crippen molar-refractivity contribution in [1.82, 2.24) is 4.98 Å². The molecule has 0 unspecified atom stereocenters. The van der Waals surface area contributed by atoms with Gasteiger partial charge >= 0.3 is 5.97 Å². The van der Waals surface area contributed by atoms with Crippen LogP contribution in [0.15, 0.2) is 36.4 Å². The highest BCUT2D eigenvalue weighted by Gasteiger charge is 2.27. The summed E-state index contributed by atoms with van der Waals surface area (Å²) in [5.74, 6) is 0.148. The Hall–Kier alpha value is -3.50. The van der Waals surface area contributed by atoms with Gasteiger partial charge in [0.25, 0.3) is 0 Å². The van der Waals surface area contributed by atoms with Crippen molar-refractivity contribution in [2.75, 3.05) is 30.8 Å². The van der Waals surface area contributed by atoms with Crippen molar-refractivity contribution in [3.63, 3.8) is 0 Å². The van der Waals surface area contributed by atoms with E-state index in [1.54, 1.807) is 19.2 Å². The number of ether oxygens (including phenoxy) is 1. The first-order valence-electron chi connectivity index (χ1n) is 10.3. The Morgan fingerprint density at radius 3 is 2.69 bits per heavy atom. The number of fused-ring (bicyclic) bond motifs is 1. The normalized spacial score (nSPS) is 14.3. The molecule has 0 saturated carbocycles. The number of methoxy groups -OCH3 is 1. The third-order valence-corrected chi connectivity index (χ3v) is 6.28. The summed E-state index contributed by atoms with van der Waals surface area (Å²) in [7, 11) is 1.57. The molecular weight excluding hydrogens is 428 g/mol. The van der Waals surface area contributed by atoms with E-state index < -0.39 is 5.97 Å². The lowest BCUT2D eigenvalue weighted by molar-refractivity contribution is -0.142. The van der Waals surface area contributed by atoms with Crippen molar-refractivity contribution in [1.29, 1.82) is 5.26 Å². The molecule has 0 atom stereocenters. The van der Waals surface area contributed by atoms with Gasteiger partial charge in [0.1, 0.15) is 5.75 Å². The number of nitrogens with two attached hydrogens (primary N) is 1. The number of carboxylic acid groups (broad SMARTS) is 1. The first-order chi connectivity index (χ1) is 15.4. The molecule has 0 bridgehead atoms. The second-order valence-electron chi connectivity index (χ2n) is 7.92. The van der Waals surface area contributed by atoms with E-state index in [0.29, 0.717) is 60.2 Å². The van der Waals surface area contributed by atoms with Crippen molar-refractivity contribution < 1.29 is 14.6 Å². The van der Waals surface area contributed by atoms with E-state index >= 15 is 0 Å². The van der Waals surface area contributed by atoms with Crippen LogP contribution in [-0.4, -0.2) is 36.3 Å². The Kier molecular flexibility index (Phi) is 6.06. The van der Waals surface area contributed by atoms with Crippen LogP contribution in [0.3, 0.4) is 0 Å². The quantitative estimate of drug-likeness (QED) is 0.597. The van der Waals surface area contributed by atoms with Crippen LogP contribution in [0.5, 0.6) is 5.75 Å². The fourth-order valence-corrected chi connectivity index (χ4v) is 4.47. The molecule has 1 saturated heterocycles. The molecule has 1 fully saturated rings. The molecule has 7 nitrogen and oxygen atoms in total. The minimum Gasteiger partial charge on any atom is -0.495 e. The zero-order chi connectivity index (χ0) is 22.8. The number of benzene rings is 2. The van der Waals surface area contributed by atoms with Gasteiger partial charge in [-0.2, -0.15) is 5.26 Å². The average molecular weight is 451 g/mol. The Labute approximate surface area is 191 Å². The molecule has 3 N–H and O–H groups in total. The molecule has 0 radical (unpaired) electrons. The van der Waals surface area contributed by atoms with Gasteiger partial charge in [0.2, 0.25) is 0 Å². The zero-order valence-corrected chi connectivity index (χ0v) is 18.4. The maximum atomic E-state index is 11.3. The smallest absolute Gasteiger partial charge is 0.306 e. The number of rotatable bonds is 5. The SMILES string of the molecule is COc1ccc(Cc2c(N)c(N3CCC(C(=O)O)CC3)nc3ccc(C#N)cc23)cc1Cl. The van der Waals surface area contributed by atoms with Crippen LogP contribution in [0.4, 0.5) is 11.5 Å². The lowest BCUT2D eigenvalue weighted by atomic mass is 9.95. The van der Waals surface area contributed by atoms with Gasteiger partial charge in [0.15, 0.2) is 5.82 Å². The minimum atomic E-state index is -0.759. The lowest BCUT2D eigenvalue weighted by Crippen LogP contribution is -2.37. The van der Waals surface area contributed by atoms with Crippen molar-refractivity contribution in [2.45, 2.75) is 19.3 Å². The summed E-state index contributed by atoms with van der Waals surface area (Å²) < 4.78 is 5.25. The van der Waals surface area contributed by atoms with Crippen LogP contribution in [0, 0.1) is 17.2 Å². The summed E-state index contributed by atoms with van der Waals surface area (Å²) >= 11 is 6.33. The molecule has 3 aromatic rings. The van der Waals surface area contributed by atoms with Gasteiger partial charge in [-0.05, 0) is 54.3 Å². The van der Waals surface area contributed by atoms with Crippen molar-refractivity contribution in [3.05, 3.63) is 58.1 Å². The van der Waals surface area contributed by atoms with Crippen LogP contribution in [0.1, 0.15) is 29.5 Å². The topological polar surface area (TPSA) is 112 Å². The van der Waals surface area contributed by atoms with Crippen LogP contribution in [0.2, 0.25) is 5.02 Å². The minimum absolute atomic E-state index is 0.341. The summed E-state index contributed by atoms with van der Waals surface area (Å²) in [4.78, 5) is 18.2. The van der Waals surface area contributed by atoms with E-state index in [-0.39, 0.29) is 5.92 Å². The molecule has 8 heteroatoms. The molecule has 1 aliphatic heterocycles. The van der Waals surface area contributed by atoms with E-state index in [0.717, 1.165) is 22.0 Å². The Balaban J connectivity index is 1.79. The van der Waals surface area contributed by atoms with E-state index in [1.165, 1.54) is 0 Å². The fourth-order valence-electron chi connectivity index (χ4n) is 4.19. The maximum absolute atomic E-state index is 11.3. The number of pyridine rings is 1. The third-order valence-electron chi connectivity index (χ3n) is 5.98. The summed E-state index contributed by atoms with van der Waals surface area (Å²) in [5, 5.41) is 20.0. The first-order valence-corrected chi connectivity index (χ1v) is 10.7. The summed E-state index contributed by atoms with van der Waals surface area (Å²) in [5.41, 5.74) is 10.3. The number of nitrogen functional groups attached to an aromatic ring is 1. The molecule has 2 heterocycles. The monoisotopic (exact) mass is 450 g/mol. The number of nitrogens with zero attached hydrogens (tertiary/aromatic N) is 3. The van der Waals surface area contributed by atoms with Crippen LogP contribution < -0.4 is 15.4 Å². The van der Waals surface area contributed by atoms with Gasteiger partial charge < -0.3 is 20.5 Å². The van der Waals surface area contributed by atoms with Crippen molar-refractivity contribution >= 4 is 40.0 Å². The highest BCUT2D eigenvalue weighted by Crippen LogP contribution is 2.36. The van der Waals surface area contributed by atoms with Crippen LogP contribution >= 0.6 is 11.6 Å². The second kappa shape index (κ2) is 8.93. The van der Waals surface area contributed by atoms with Crippen molar-refractivity contribution in [3.8, 4) is 11.8 Å². The Morgan fingerprint density at radius 1 is 1.31 bits per heavy atom. The summed E-state index contributed by atoms with van der Waals surface area (Å²) in [6.07, 6.45) is 1.60. The molecule has 1 aliphatic rings. The van der Waals surface area contributed by atoms with E-state index in [9.17, 15) is 15.2 Å². The number of piperidine rings is 1.